The summed E-state index contributed by atoms with van der Waals surface area (Å²) in [4.78, 5) is 26.2. The normalized spacial score (nSPS) is 15.8. The molecule has 0 aliphatic carbocycles. The molecule has 1 aliphatic heterocycles. The maximum absolute atomic E-state index is 12.5. The molecule has 1 unspecified atom stereocenters. The van der Waals surface area contributed by atoms with Crippen molar-refractivity contribution in [3.63, 3.8) is 0 Å². The second-order valence-corrected chi connectivity index (χ2v) is 5.81. The number of nitrogens with zero attached hydrogens (tertiary/aromatic N) is 1. The first-order valence-electron chi connectivity index (χ1n) is 7.56. The van der Waals surface area contributed by atoms with E-state index in [1.165, 1.54) is 4.90 Å². The van der Waals surface area contributed by atoms with Gasteiger partial charge < -0.3 is 5.11 Å². The van der Waals surface area contributed by atoms with Crippen LogP contribution in [-0.2, 0) is 0 Å². The molecule has 4 heteroatoms. The highest BCUT2D eigenvalue weighted by Gasteiger charge is 2.39. The lowest BCUT2D eigenvalue weighted by Gasteiger charge is -2.24. The third-order valence-electron chi connectivity index (χ3n) is 4.50. The van der Waals surface area contributed by atoms with Crippen LogP contribution in [0.1, 0.15) is 58.5 Å². The fraction of sp³-hybridized carbons (Fsp3) is 0.529. The number of β-amino-alcohol motifs (C(OH)–C–C–N with tert-alkyl or cyclic N) is 1. The van der Waals surface area contributed by atoms with Crippen LogP contribution in [0.2, 0.25) is 0 Å². The average molecular weight is 289 g/mol. The van der Waals surface area contributed by atoms with E-state index in [2.05, 4.69) is 0 Å². The van der Waals surface area contributed by atoms with Crippen LogP contribution in [0.4, 0.5) is 0 Å². The molecule has 1 atom stereocenters. The van der Waals surface area contributed by atoms with E-state index in [4.69, 9.17) is 0 Å². The summed E-state index contributed by atoms with van der Waals surface area (Å²) in [6.07, 6.45) is 1.00. The quantitative estimate of drug-likeness (QED) is 0.848. The van der Waals surface area contributed by atoms with Gasteiger partial charge in [0, 0.05) is 0 Å². The number of carbonyl (C=O) groups excluding carboxylic acids is 2. The number of aliphatic hydroxyl groups is 1. The lowest BCUT2D eigenvalue weighted by atomic mass is 9.96. The fourth-order valence-electron chi connectivity index (χ4n) is 3.06. The first kappa shape index (κ1) is 15.7. The molecule has 1 aromatic carbocycles. The highest BCUT2D eigenvalue weighted by atomic mass is 16.3. The van der Waals surface area contributed by atoms with Crippen LogP contribution < -0.4 is 0 Å². The second-order valence-electron chi connectivity index (χ2n) is 5.81. The number of imide groups is 1. The molecule has 114 valence electrons. The highest BCUT2D eigenvalue weighted by Crippen LogP contribution is 2.29. The maximum Gasteiger partial charge on any atom is 0.261 e. The van der Waals surface area contributed by atoms with Crippen molar-refractivity contribution < 1.29 is 14.7 Å². The van der Waals surface area contributed by atoms with Gasteiger partial charge in [0.2, 0.25) is 0 Å². The van der Waals surface area contributed by atoms with Crippen molar-refractivity contribution in [3.05, 3.63) is 34.4 Å². The summed E-state index contributed by atoms with van der Waals surface area (Å²) >= 11 is 0. The zero-order valence-corrected chi connectivity index (χ0v) is 13.1. The Hall–Kier alpha value is -1.68. The van der Waals surface area contributed by atoms with Gasteiger partial charge in [0.25, 0.3) is 11.8 Å². The van der Waals surface area contributed by atoms with E-state index in [0.717, 1.165) is 24.0 Å². The van der Waals surface area contributed by atoms with Crippen LogP contribution in [-0.4, -0.2) is 34.5 Å². The molecule has 4 nitrogen and oxygen atoms in total. The Morgan fingerprint density at radius 3 is 1.81 bits per heavy atom. The molecule has 0 aromatic heterocycles. The van der Waals surface area contributed by atoms with Crippen molar-refractivity contribution in [2.45, 2.75) is 46.6 Å². The third-order valence-corrected chi connectivity index (χ3v) is 4.50. The number of fused-ring (bicyclic) bond motifs is 1. The van der Waals surface area contributed by atoms with Crippen LogP contribution >= 0.6 is 0 Å². The van der Waals surface area contributed by atoms with Gasteiger partial charge in [0.1, 0.15) is 0 Å². The molecule has 0 saturated carbocycles. The van der Waals surface area contributed by atoms with Gasteiger partial charge in [-0.05, 0) is 30.9 Å². The molecule has 1 heterocycles. The number of benzene rings is 1. The topological polar surface area (TPSA) is 57.6 Å². The standard InChI is InChI=1S/C17H23NO3/c1-5-12(6-2)13(19)9-18-16(20)14-10(3)7-8-11(4)15(14)17(18)21/h7-8,12-13,19H,5-6,9H2,1-4H3. The summed E-state index contributed by atoms with van der Waals surface area (Å²) in [6.45, 7) is 7.77. The Bertz CT molecular complexity index is 535. The van der Waals surface area contributed by atoms with Crippen molar-refractivity contribution in [2.75, 3.05) is 6.54 Å². The Labute approximate surface area is 125 Å². The van der Waals surface area contributed by atoms with E-state index >= 15 is 0 Å². The van der Waals surface area contributed by atoms with Crippen LogP contribution in [0.3, 0.4) is 0 Å². The van der Waals surface area contributed by atoms with Crippen molar-refractivity contribution >= 4 is 11.8 Å². The average Bonchev–Trinajstić information content (AvgIpc) is 2.70. The smallest absolute Gasteiger partial charge is 0.261 e. The van der Waals surface area contributed by atoms with E-state index in [-0.39, 0.29) is 24.3 Å². The van der Waals surface area contributed by atoms with E-state index in [0.29, 0.717) is 11.1 Å². The monoisotopic (exact) mass is 289 g/mol. The Morgan fingerprint density at radius 2 is 1.43 bits per heavy atom. The minimum atomic E-state index is -0.664. The Kier molecular flexibility index (Phi) is 4.47. The number of carbonyl (C=O) groups is 2. The number of hydrogen-bond acceptors (Lipinski definition) is 3. The molecule has 1 N–H and O–H groups in total. The minimum Gasteiger partial charge on any atom is -0.391 e. The zero-order valence-electron chi connectivity index (χ0n) is 13.1. The Balaban J connectivity index is 2.30. The summed E-state index contributed by atoms with van der Waals surface area (Å²) in [7, 11) is 0. The van der Waals surface area contributed by atoms with Crippen LogP contribution in [0.25, 0.3) is 0 Å². The molecule has 0 spiro atoms. The van der Waals surface area contributed by atoms with Gasteiger partial charge >= 0.3 is 0 Å². The van der Waals surface area contributed by atoms with Gasteiger partial charge in [-0.3, -0.25) is 14.5 Å². The summed E-state index contributed by atoms with van der Waals surface area (Å²) in [5.74, 6) is -0.445. The van der Waals surface area contributed by atoms with Gasteiger partial charge in [0.05, 0.1) is 23.8 Å². The van der Waals surface area contributed by atoms with Gasteiger partial charge in [-0.25, -0.2) is 0 Å². The highest BCUT2D eigenvalue weighted by molar-refractivity contribution is 6.22. The number of hydrogen-bond donors (Lipinski definition) is 1. The molecular formula is C17H23NO3. The van der Waals surface area contributed by atoms with Crippen molar-refractivity contribution in [3.8, 4) is 0 Å². The lowest BCUT2D eigenvalue weighted by Crippen LogP contribution is -2.39. The summed E-state index contributed by atoms with van der Waals surface area (Å²) < 4.78 is 0. The number of aliphatic hydroxyl groups excluding tert-OH is 1. The molecule has 0 fully saturated rings. The first-order valence-corrected chi connectivity index (χ1v) is 7.56. The summed E-state index contributed by atoms with van der Waals surface area (Å²) in [5.41, 5.74) is 2.62. The van der Waals surface area contributed by atoms with E-state index in [9.17, 15) is 14.7 Å². The molecule has 21 heavy (non-hydrogen) atoms. The summed E-state index contributed by atoms with van der Waals surface area (Å²) in [5, 5.41) is 10.3. The second kappa shape index (κ2) is 5.98. The molecule has 1 aliphatic rings. The minimum absolute atomic E-state index is 0.0809. The van der Waals surface area contributed by atoms with Crippen LogP contribution in [0, 0.1) is 19.8 Å². The number of amides is 2. The number of rotatable bonds is 5. The SMILES string of the molecule is CCC(CC)C(O)CN1C(=O)c2c(C)ccc(C)c2C1=O. The van der Waals surface area contributed by atoms with E-state index < -0.39 is 6.10 Å². The maximum atomic E-state index is 12.5. The molecule has 1 aromatic rings. The van der Waals surface area contributed by atoms with Gasteiger partial charge in [-0.1, -0.05) is 38.8 Å². The number of aryl methyl sites for hydroxylation is 2. The first-order chi connectivity index (χ1) is 9.92. The molecule has 2 amide bonds. The van der Waals surface area contributed by atoms with Gasteiger partial charge in [0.15, 0.2) is 0 Å². The lowest BCUT2D eigenvalue weighted by molar-refractivity contribution is 0.0418. The van der Waals surface area contributed by atoms with Crippen molar-refractivity contribution in [2.24, 2.45) is 5.92 Å². The molecule has 0 bridgehead atoms. The third kappa shape index (κ3) is 2.60. The van der Waals surface area contributed by atoms with E-state index in [1.54, 1.807) is 0 Å². The largest absolute Gasteiger partial charge is 0.391 e. The fourth-order valence-corrected chi connectivity index (χ4v) is 3.06. The summed E-state index contributed by atoms with van der Waals surface area (Å²) in [6, 6.07) is 3.72. The van der Waals surface area contributed by atoms with E-state index in [1.807, 2.05) is 39.8 Å². The van der Waals surface area contributed by atoms with Crippen LogP contribution in [0.15, 0.2) is 12.1 Å². The van der Waals surface area contributed by atoms with Crippen molar-refractivity contribution in [1.82, 2.24) is 4.90 Å². The predicted molar refractivity (Wildman–Crippen MR) is 81.4 cm³/mol. The predicted octanol–water partition coefficient (Wildman–Crippen LogP) is 2.70. The zero-order chi connectivity index (χ0) is 15.7. The van der Waals surface area contributed by atoms with Crippen LogP contribution in [0.5, 0.6) is 0 Å². The van der Waals surface area contributed by atoms with Gasteiger partial charge in [-0.15, -0.1) is 0 Å². The Morgan fingerprint density at radius 1 is 1.00 bits per heavy atom. The molecule has 0 saturated heterocycles. The molecular weight excluding hydrogens is 266 g/mol. The molecule has 0 radical (unpaired) electrons. The molecule has 2 rings (SSSR count). The van der Waals surface area contributed by atoms with Crippen molar-refractivity contribution in [1.29, 1.82) is 0 Å². The van der Waals surface area contributed by atoms with Gasteiger partial charge in [-0.2, -0.15) is 0 Å².